The van der Waals surface area contributed by atoms with Crippen molar-refractivity contribution in [2.75, 3.05) is 5.75 Å². The summed E-state index contributed by atoms with van der Waals surface area (Å²) in [6.45, 7) is 5.01. The number of thioether (sulfide) groups is 1. The molecule has 0 saturated heterocycles. The Labute approximate surface area is 159 Å². The van der Waals surface area contributed by atoms with Gasteiger partial charge in [-0.15, -0.1) is 0 Å². The van der Waals surface area contributed by atoms with E-state index in [1.807, 2.05) is 24.3 Å². The van der Waals surface area contributed by atoms with Crippen molar-refractivity contribution in [1.29, 1.82) is 0 Å². The minimum Gasteiger partial charge on any atom is -0.353 e. The predicted octanol–water partition coefficient (Wildman–Crippen LogP) is 4.29. The number of carbonyl (C=O) groups excluding carboxylic acids is 1. The van der Waals surface area contributed by atoms with Crippen LogP contribution in [0, 0.1) is 0 Å². The van der Waals surface area contributed by atoms with Crippen LogP contribution in [0.25, 0.3) is 11.0 Å². The summed E-state index contributed by atoms with van der Waals surface area (Å²) in [7, 11) is 0. The molecular formula is C21H25N3OS. The fourth-order valence-corrected chi connectivity index (χ4v) is 3.91. The number of nitrogens with zero attached hydrogens (tertiary/aromatic N) is 2. The number of benzene rings is 2. The van der Waals surface area contributed by atoms with Gasteiger partial charge in [-0.1, -0.05) is 54.2 Å². The molecule has 4 nitrogen and oxygen atoms in total. The molecule has 0 bridgehead atoms. The average molecular weight is 368 g/mol. The second-order valence-corrected chi connectivity index (χ2v) is 7.35. The standard InChI is InChI=1S/C21H25N3OS/c1-3-24-19-12-8-7-11-18(19)23-21(24)26-15-20(25)22-16(2)13-14-17-9-5-4-6-10-17/h4-12,16H,3,13-15H2,1-2H3,(H,22,25). The molecule has 0 radical (unpaired) electrons. The zero-order valence-corrected chi connectivity index (χ0v) is 16.1. The molecule has 0 saturated carbocycles. The lowest BCUT2D eigenvalue weighted by molar-refractivity contribution is -0.119. The lowest BCUT2D eigenvalue weighted by Gasteiger charge is -2.14. The van der Waals surface area contributed by atoms with Gasteiger partial charge in [0.05, 0.1) is 16.8 Å². The maximum atomic E-state index is 12.3. The first-order valence-electron chi connectivity index (χ1n) is 9.08. The van der Waals surface area contributed by atoms with Crippen molar-refractivity contribution in [2.45, 2.75) is 44.4 Å². The number of amides is 1. The number of fused-ring (bicyclic) bond motifs is 1. The van der Waals surface area contributed by atoms with Crippen molar-refractivity contribution < 1.29 is 4.79 Å². The molecule has 1 amide bonds. The lowest BCUT2D eigenvalue weighted by Crippen LogP contribution is -2.34. The Bertz CT molecular complexity index is 860. The molecule has 1 heterocycles. The number of aryl methyl sites for hydroxylation is 2. The van der Waals surface area contributed by atoms with Gasteiger partial charge in [-0.3, -0.25) is 4.79 Å². The van der Waals surface area contributed by atoms with Crippen molar-refractivity contribution in [3.8, 4) is 0 Å². The number of imidazole rings is 1. The Hall–Kier alpha value is -2.27. The molecule has 1 atom stereocenters. The summed E-state index contributed by atoms with van der Waals surface area (Å²) in [6, 6.07) is 18.6. The minimum atomic E-state index is 0.0604. The summed E-state index contributed by atoms with van der Waals surface area (Å²) in [5.74, 6) is 0.448. The van der Waals surface area contributed by atoms with Crippen LogP contribution in [-0.4, -0.2) is 27.3 Å². The van der Waals surface area contributed by atoms with Gasteiger partial charge in [-0.25, -0.2) is 4.98 Å². The fraction of sp³-hybridized carbons (Fsp3) is 0.333. The van der Waals surface area contributed by atoms with E-state index in [4.69, 9.17) is 0 Å². The molecule has 0 aliphatic carbocycles. The van der Waals surface area contributed by atoms with E-state index in [-0.39, 0.29) is 11.9 Å². The Morgan fingerprint density at radius 3 is 2.65 bits per heavy atom. The van der Waals surface area contributed by atoms with Gasteiger partial charge in [0.2, 0.25) is 5.91 Å². The third-order valence-corrected chi connectivity index (χ3v) is 5.36. The summed E-state index contributed by atoms with van der Waals surface area (Å²) in [5, 5.41) is 4.00. The van der Waals surface area contributed by atoms with Gasteiger partial charge in [-0.05, 0) is 44.4 Å². The largest absolute Gasteiger partial charge is 0.353 e. The number of para-hydroxylation sites is 2. The van der Waals surface area contributed by atoms with E-state index in [1.54, 1.807) is 0 Å². The molecule has 26 heavy (non-hydrogen) atoms. The summed E-state index contributed by atoms with van der Waals surface area (Å²) in [4.78, 5) is 16.9. The zero-order chi connectivity index (χ0) is 18.4. The minimum absolute atomic E-state index is 0.0604. The predicted molar refractivity (Wildman–Crippen MR) is 108 cm³/mol. The number of hydrogen-bond donors (Lipinski definition) is 1. The van der Waals surface area contributed by atoms with Crippen LogP contribution in [-0.2, 0) is 17.8 Å². The first-order valence-corrected chi connectivity index (χ1v) is 10.1. The Kier molecular flexibility index (Phi) is 6.34. The van der Waals surface area contributed by atoms with E-state index in [0.29, 0.717) is 5.75 Å². The number of aromatic nitrogens is 2. The molecule has 0 fully saturated rings. The van der Waals surface area contributed by atoms with Crippen LogP contribution in [0.1, 0.15) is 25.8 Å². The van der Waals surface area contributed by atoms with Crippen LogP contribution in [0.4, 0.5) is 0 Å². The SMILES string of the molecule is CCn1c(SCC(=O)NC(C)CCc2ccccc2)nc2ccccc21. The summed E-state index contributed by atoms with van der Waals surface area (Å²) >= 11 is 1.50. The van der Waals surface area contributed by atoms with Gasteiger partial charge in [0.1, 0.15) is 0 Å². The molecule has 1 N–H and O–H groups in total. The quantitative estimate of drug-likeness (QED) is 0.604. The van der Waals surface area contributed by atoms with Gasteiger partial charge < -0.3 is 9.88 Å². The fourth-order valence-electron chi connectivity index (χ4n) is 3.02. The van der Waals surface area contributed by atoms with Crippen molar-refractivity contribution in [3.63, 3.8) is 0 Å². The van der Waals surface area contributed by atoms with E-state index < -0.39 is 0 Å². The van der Waals surface area contributed by atoms with E-state index >= 15 is 0 Å². The monoisotopic (exact) mass is 367 g/mol. The molecule has 0 spiro atoms. The van der Waals surface area contributed by atoms with Gasteiger partial charge >= 0.3 is 0 Å². The van der Waals surface area contributed by atoms with E-state index in [9.17, 15) is 4.79 Å². The first kappa shape index (κ1) is 18.5. The van der Waals surface area contributed by atoms with Crippen molar-refractivity contribution >= 4 is 28.7 Å². The van der Waals surface area contributed by atoms with Crippen LogP contribution in [0.3, 0.4) is 0 Å². The van der Waals surface area contributed by atoms with Gasteiger partial charge in [0.25, 0.3) is 0 Å². The molecule has 3 aromatic rings. The average Bonchev–Trinajstić information content (AvgIpc) is 3.03. The van der Waals surface area contributed by atoms with E-state index in [2.05, 4.69) is 59.0 Å². The third-order valence-electron chi connectivity index (χ3n) is 4.38. The molecule has 5 heteroatoms. The highest BCUT2D eigenvalue weighted by Gasteiger charge is 2.13. The van der Waals surface area contributed by atoms with Crippen LogP contribution < -0.4 is 5.32 Å². The van der Waals surface area contributed by atoms with Crippen molar-refractivity contribution in [1.82, 2.24) is 14.9 Å². The maximum Gasteiger partial charge on any atom is 0.230 e. The second kappa shape index (κ2) is 8.90. The molecule has 1 aromatic heterocycles. The number of hydrogen-bond acceptors (Lipinski definition) is 3. The topological polar surface area (TPSA) is 46.9 Å². The maximum absolute atomic E-state index is 12.3. The smallest absolute Gasteiger partial charge is 0.230 e. The van der Waals surface area contributed by atoms with Crippen LogP contribution in [0.2, 0.25) is 0 Å². The van der Waals surface area contributed by atoms with Crippen molar-refractivity contribution in [2.24, 2.45) is 0 Å². The van der Waals surface area contributed by atoms with Crippen LogP contribution >= 0.6 is 11.8 Å². The number of rotatable bonds is 8. The van der Waals surface area contributed by atoms with Crippen LogP contribution in [0.15, 0.2) is 59.8 Å². The Balaban J connectivity index is 1.51. The molecule has 2 aromatic carbocycles. The van der Waals surface area contributed by atoms with Gasteiger partial charge in [-0.2, -0.15) is 0 Å². The zero-order valence-electron chi connectivity index (χ0n) is 15.3. The molecular weight excluding hydrogens is 342 g/mol. The van der Waals surface area contributed by atoms with Gasteiger partial charge in [0, 0.05) is 12.6 Å². The normalized spacial score (nSPS) is 12.2. The first-order chi connectivity index (χ1) is 12.7. The number of nitrogens with one attached hydrogen (secondary N) is 1. The highest BCUT2D eigenvalue weighted by atomic mass is 32.2. The summed E-state index contributed by atoms with van der Waals surface area (Å²) < 4.78 is 2.16. The van der Waals surface area contributed by atoms with E-state index in [1.165, 1.54) is 17.3 Å². The molecule has 0 aliphatic heterocycles. The molecule has 1 unspecified atom stereocenters. The van der Waals surface area contributed by atoms with Crippen molar-refractivity contribution in [3.05, 3.63) is 60.2 Å². The van der Waals surface area contributed by atoms with E-state index in [0.717, 1.165) is 35.6 Å². The Morgan fingerprint density at radius 1 is 1.15 bits per heavy atom. The molecule has 0 aliphatic rings. The van der Waals surface area contributed by atoms with Crippen LogP contribution in [0.5, 0.6) is 0 Å². The number of carbonyl (C=O) groups is 1. The second-order valence-electron chi connectivity index (χ2n) is 6.41. The molecule has 3 rings (SSSR count). The lowest BCUT2D eigenvalue weighted by atomic mass is 10.1. The Morgan fingerprint density at radius 2 is 1.88 bits per heavy atom. The summed E-state index contributed by atoms with van der Waals surface area (Å²) in [5.41, 5.74) is 3.40. The van der Waals surface area contributed by atoms with Gasteiger partial charge in [0.15, 0.2) is 5.16 Å². The highest BCUT2D eigenvalue weighted by molar-refractivity contribution is 7.99. The molecule has 136 valence electrons. The summed E-state index contributed by atoms with van der Waals surface area (Å²) in [6.07, 6.45) is 1.91. The third kappa shape index (κ3) is 4.67. The highest BCUT2D eigenvalue weighted by Crippen LogP contribution is 2.23.